The van der Waals surface area contributed by atoms with Crippen molar-refractivity contribution in [2.75, 3.05) is 19.6 Å². The number of carbonyl (C=O) groups is 2. The van der Waals surface area contributed by atoms with E-state index in [1.54, 1.807) is 4.90 Å². The highest BCUT2D eigenvalue weighted by Gasteiger charge is 2.33. The highest BCUT2D eigenvalue weighted by Crippen LogP contribution is 2.24. The van der Waals surface area contributed by atoms with Gasteiger partial charge in [-0.25, -0.2) is 0 Å². The molecule has 2 aliphatic rings. The van der Waals surface area contributed by atoms with Gasteiger partial charge in [-0.15, -0.1) is 0 Å². The lowest BCUT2D eigenvalue weighted by Gasteiger charge is -2.35. The highest BCUT2D eigenvalue weighted by molar-refractivity contribution is 5.96. The third-order valence-electron chi connectivity index (χ3n) is 5.88. The molecule has 1 aromatic carbocycles. The number of rotatable bonds is 2. The Labute approximate surface area is 171 Å². The number of H-pyrrole nitrogens is 1. The van der Waals surface area contributed by atoms with Gasteiger partial charge >= 0.3 is 0 Å². The molecule has 0 radical (unpaired) electrons. The van der Waals surface area contributed by atoms with Gasteiger partial charge in [-0.1, -0.05) is 6.07 Å². The number of hydrogen-bond donors (Lipinski definition) is 1. The molecule has 2 aromatic rings. The summed E-state index contributed by atoms with van der Waals surface area (Å²) in [5.74, 6) is -0.100. The average molecular weight is 396 g/mol. The van der Waals surface area contributed by atoms with E-state index in [0.29, 0.717) is 43.9 Å². The first-order valence-corrected chi connectivity index (χ1v) is 10.2. The second kappa shape index (κ2) is 7.63. The Morgan fingerprint density at radius 3 is 2.48 bits per heavy atom. The Kier molecular flexibility index (Phi) is 5.17. The minimum absolute atomic E-state index is 0.000298. The predicted octanol–water partition coefficient (Wildman–Crippen LogP) is 2.47. The van der Waals surface area contributed by atoms with E-state index < -0.39 is 0 Å². The number of carbonyl (C=O) groups excluding carboxylic acids is 2. The second-order valence-corrected chi connectivity index (χ2v) is 8.27. The lowest BCUT2D eigenvalue weighted by Crippen LogP contribution is -2.48. The zero-order valence-electron chi connectivity index (χ0n) is 17.5. The molecule has 0 unspecified atom stereocenters. The minimum atomic E-state index is -0.0926. The molecule has 4 rings (SSSR count). The number of amides is 2. The molecule has 29 heavy (non-hydrogen) atoms. The number of benzene rings is 1. The number of morpholine rings is 1. The first-order valence-electron chi connectivity index (χ1n) is 10.2. The molecule has 2 amide bonds. The van der Waals surface area contributed by atoms with E-state index in [9.17, 15) is 9.59 Å². The zero-order chi connectivity index (χ0) is 20.7. The molecule has 1 aromatic heterocycles. The Morgan fingerprint density at radius 2 is 1.79 bits per heavy atom. The van der Waals surface area contributed by atoms with Crippen LogP contribution in [0.5, 0.6) is 0 Å². The molecular weight excluding hydrogens is 368 g/mol. The summed E-state index contributed by atoms with van der Waals surface area (Å²) in [7, 11) is 0. The van der Waals surface area contributed by atoms with E-state index in [-0.39, 0.29) is 24.0 Å². The maximum absolute atomic E-state index is 13.1. The van der Waals surface area contributed by atoms with Gasteiger partial charge in [-0.2, -0.15) is 5.10 Å². The maximum atomic E-state index is 13.1. The minimum Gasteiger partial charge on any atom is -0.372 e. The molecule has 0 aliphatic carbocycles. The zero-order valence-corrected chi connectivity index (χ0v) is 17.5. The number of nitrogens with one attached hydrogen (secondary N) is 1. The van der Waals surface area contributed by atoms with Gasteiger partial charge in [-0.3, -0.25) is 14.7 Å². The van der Waals surface area contributed by atoms with Crippen LogP contribution in [0, 0.1) is 13.8 Å². The summed E-state index contributed by atoms with van der Waals surface area (Å²) in [5.41, 5.74) is 5.17. The summed E-state index contributed by atoms with van der Waals surface area (Å²) in [6, 6.07) is 5.79. The van der Waals surface area contributed by atoms with Crippen LogP contribution in [-0.2, 0) is 17.7 Å². The van der Waals surface area contributed by atoms with Gasteiger partial charge in [0.2, 0.25) is 0 Å². The van der Waals surface area contributed by atoms with E-state index >= 15 is 0 Å². The molecule has 1 N–H and O–H groups in total. The van der Waals surface area contributed by atoms with Crippen molar-refractivity contribution in [2.45, 2.75) is 52.9 Å². The van der Waals surface area contributed by atoms with Crippen LogP contribution < -0.4 is 0 Å². The largest absolute Gasteiger partial charge is 0.372 e. The Morgan fingerprint density at radius 1 is 1.07 bits per heavy atom. The summed E-state index contributed by atoms with van der Waals surface area (Å²) >= 11 is 0. The van der Waals surface area contributed by atoms with Crippen LogP contribution in [0.25, 0.3) is 0 Å². The van der Waals surface area contributed by atoms with Crippen molar-refractivity contribution in [1.82, 2.24) is 20.0 Å². The van der Waals surface area contributed by atoms with E-state index in [4.69, 9.17) is 4.74 Å². The summed E-state index contributed by atoms with van der Waals surface area (Å²) in [4.78, 5) is 29.8. The molecule has 1 saturated heterocycles. The number of hydrogen-bond acceptors (Lipinski definition) is 4. The van der Waals surface area contributed by atoms with Crippen LogP contribution in [-0.4, -0.2) is 63.7 Å². The molecular formula is C22H28N4O3. The third-order valence-corrected chi connectivity index (χ3v) is 5.88. The number of fused-ring (bicyclic) bond motifs is 1. The lowest BCUT2D eigenvalue weighted by molar-refractivity contribution is -0.0587. The molecule has 7 heteroatoms. The van der Waals surface area contributed by atoms with Crippen molar-refractivity contribution in [3.63, 3.8) is 0 Å². The third kappa shape index (κ3) is 3.79. The van der Waals surface area contributed by atoms with Crippen molar-refractivity contribution < 1.29 is 14.3 Å². The van der Waals surface area contributed by atoms with Crippen molar-refractivity contribution in [2.24, 2.45) is 0 Å². The number of aryl methyl sites for hydroxylation is 2. The van der Waals surface area contributed by atoms with Crippen LogP contribution in [0.4, 0.5) is 0 Å². The van der Waals surface area contributed by atoms with Crippen molar-refractivity contribution in [1.29, 1.82) is 0 Å². The summed E-state index contributed by atoms with van der Waals surface area (Å²) in [5, 5.41) is 7.34. The maximum Gasteiger partial charge on any atom is 0.274 e. The Bertz CT molecular complexity index is 942. The predicted molar refractivity (Wildman–Crippen MR) is 109 cm³/mol. The highest BCUT2D eigenvalue weighted by atomic mass is 16.5. The van der Waals surface area contributed by atoms with Crippen LogP contribution in [0.1, 0.15) is 57.1 Å². The van der Waals surface area contributed by atoms with Gasteiger partial charge in [-0.05, 0) is 51.0 Å². The molecule has 2 aliphatic heterocycles. The van der Waals surface area contributed by atoms with Crippen LogP contribution in [0.3, 0.4) is 0 Å². The summed E-state index contributed by atoms with van der Waals surface area (Å²) in [6.45, 7) is 10.1. The molecule has 1 fully saturated rings. The lowest BCUT2D eigenvalue weighted by atomic mass is 10.0. The summed E-state index contributed by atoms with van der Waals surface area (Å²) < 4.78 is 5.74. The number of aromatic amines is 1. The van der Waals surface area contributed by atoms with Crippen molar-refractivity contribution in [3.05, 3.63) is 51.8 Å². The summed E-state index contributed by atoms with van der Waals surface area (Å²) in [6.07, 6.45) is 0.669. The fraction of sp³-hybridized carbons (Fsp3) is 0.500. The van der Waals surface area contributed by atoms with Crippen molar-refractivity contribution >= 4 is 11.8 Å². The fourth-order valence-corrected chi connectivity index (χ4v) is 4.20. The van der Waals surface area contributed by atoms with E-state index in [2.05, 4.69) is 10.2 Å². The Hall–Kier alpha value is -2.67. The standard InChI is InChI=1S/C22H28N4O3/c1-13-5-6-17(9-14(13)2)21(27)25-8-7-19-18(12-25)20(24-23-19)22(28)26-10-15(3)29-16(4)11-26/h5-6,9,15-16H,7-8,10-12H2,1-4H3,(H,23,24)/t15-,16-/m1/s1. The van der Waals surface area contributed by atoms with E-state index in [1.807, 2.05) is 50.8 Å². The topological polar surface area (TPSA) is 78.5 Å². The van der Waals surface area contributed by atoms with Gasteiger partial charge in [0.15, 0.2) is 5.69 Å². The SMILES string of the molecule is Cc1ccc(C(=O)N2CCc3[nH]nc(C(=O)N4C[C@@H](C)O[C@H](C)C4)c3C2)cc1C. The normalized spacial score (nSPS) is 21.8. The van der Waals surface area contributed by atoms with Gasteiger partial charge in [0.1, 0.15) is 0 Å². The smallest absolute Gasteiger partial charge is 0.274 e. The van der Waals surface area contributed by atoms with Crippen LogP contribution in [0.15, 0.2) is 18.2 Å². The van der Waals surface area contributed by atoms with Gasteiger partial charge in [0, 0.05) is 42.9 Å². The molecule has 7 nitrogen and oxygen atoms in total. The van der Waals surface area contributed by atoms with Gasteiger partial charge in [0.25, 0.3) is 11.8 Å². The first-order chi connectivity index (χ1) is 13.8. The van der Waals surface area contributed by atoms with Crippen LogP contribution in [0.2, 0.25) is 0 Å². The number of aromatic nitrogens is 2. The molecule has 0 bridgehead atoms. The van der Waals surface area contributed by atoms with Crippen molar-refractivity contribution in [3.8, 4) is 0 Å². The quantitative estimate of drug-likeness (QED) is 0.846. The fourth-order valence-electron chi connectivity index (χ4n) is 4.20. The van der Waals surface area contributed by atoms with Gasteiger partial charge in [0.05, 0.1) is 18.8 Å². The molecule has 2 atom stereocenters. The van der Waals surface area contributed by atoms with Gasteiger partial charge < -0.3 is 14.5 Å². The van der Waals surface area contributed by atoms with Crippen LogP contribution >= 0.6 is 0 Å². The number of ether oxygens (including phenoxy) is 1. The second-order valence-electron chi connectivity index (χ2n) is 8.27. The number of nitrogens with zero attached hydrogens (tertiary/aromatic N) is 3. The molecule has 3 heterocycles. The Balaban J connectivity index is 1.55. The van der Waals surface area contributed by atoms with E-state index in [1.165, 1.54) is 5.56 Å². The monoisotopic (exact) mass is 396 g/mol. The molecule has 0 spiro atoms. The first kappa shape index (κ1) is 19.6. The molecule has 154 valence electrons. The molecule has 0 saturated carbocycles. The van der Waals surface area contributed by atoms with E-state index in [0.717, 1.165) is 16.8 Å². The average Bonchev–Trinajstić information content (AvgIpc) is 3.11.